The Morgan fingerprint density at radius 2 is 0.683 bits per heavy atom. The predicted molar refractivity (Wildman–Crippen MR) is 510 cm³/mol. The van der Waals surface area contributed by atoms with Crippen molar-refractivity contribution in [1.82, 2.24) is 42.5 Å². The number of carboxylic acids is 1. The third-order valence-corrected chi connectivity index (χ3v) is 28.4. The summed E-state index contributed by atoms with van der Waals surface area (Å²) in [6.45, 7) is 11.2. The highest BCUT2D eigenvalue weighted by Crippen LogP contribution is 2.37. The molecule has 21 nitrogen and oxygen atoms in total. The number of aliphatic imine (C=N–C) groups is 5. The molecule has 14 rings (SSSR count). The van der Waals surface area contributed by atoms with Crippen LogP contribution in [0, 0.1) is 17.8 Å². The number of hydrogen-bond donors (Lipinski definition) is 11. The summed E-state index contributed by atoms with van der Waals surface area (Å²) in [5.74, 6) is 3.91. The van der Waals surface area contributed by atoms with Crippen molar-refractivity contribution in [1.29, 1.82) is 0 Å². The molecule has 123 heavy (non-hydrogen) atoms. The zero-order valence-corrected chi connectivity index (χ0v) is 77.8. The van der Waals surface area contributed by atoms with Crippen LogP contribution in [0.15, 0.2) is 85.6 Å². The maximum Gasteiger partial charge on any atom is 0.309 e. The Hall–Kier alpha value is -6.80. The van der Waals surface area contributed by atoms with Crippen molar-refractivity contribution in [3.8, 4) is 0 Å². The largest absolute Gasteiger partial charge is 0.481 e. The molecule has 0 heterocycles. The van der Waals surface area contributed by atoms with Crippen molar-refractivity contribution in [3.63, 3.8) is 0 Å². The van der Waals surface area contributed by atoms with Crippen LogP contribution in [0.2, 0.25) is 0 Å². The third kappa shape index (κ3) is 39.5. The first-order valence-corrected chi connectivity index (χ1v) is 51.2. The lowest BCUT2D eigenvalue weighted by atomic mass is 9.86. The maximum absolute atomic E-state index is 12.7. The van der Waals surface area contributed by atoms with E-state index in [9.17, 15) is 19.5 Å². The zero-order valence-electron chi connectivity index (χ0n) is 77.8. The standard InChI is InChI=1S/C26H45N3O2.C24H43N3O2.C20H35N3O2.C19H37N3.C13H13N3/c1-26(18-8-9-19-26)31-24(30)20-14-16-23(17-15-20)29-25(27-21-10-4-2-5-11-21)28-22-12-6-3-7-13-22;1-24(2,3)29-22(28)18-14-16-21(17-15-18)27-23(25-19-10-6-4-7-11-19)26-20-12-8-5-9-13-20;24-19(25)15-11-13-18(14-12-15)23-20(21-16-7-3-1-4-8-16)22-17-9-5-2-6-10-17;1-2-3-4-11-16-20-19(21-17-12-7-5-8-13-17)22-18-14-9-6-10-15-18;14-13(15-11-7-3-1-4-8-11)16-12-9-5-2-6-10-12/h20-23H,2-19H2,1H3,(H2,27,28,29);18-21H,4-17H2,1-3H3,(H2,25,26,27);15-18H,1-14H2,(H,24,25)(H2,21,22,23);17-18H,2-16H2,1H3,(H2,20,21,22);1-10H,(H3,14,15,16). The summed E-state index contributed by atoms with van der Waals surface area (Å²) in [5.41, 5.74) is 6.95. The van der Waals surface area contributed by atoms with Gasteiger partial charge in [0.05, 0.1) is 41.6 Å². The number of nitrogens with one attached hydrogen (secondary N) is 9. The van der Waals surface area contributed by atoms with Gasteiger partial charge >= 0.3 is 17.9 Å². The second-order valence-corrected chi connectivity index (χ2v) is 40.3. The first-order chi connectivity index (χ1) is 59.9. The minimum Gasteiger partial charge on any atom is -0.481 e. The van der Waals surface area contributed by atoms with Crippen LogP contribution in [-0.2, 0) is 23.9 Å². The highest BCUT2D eigenvalue weighted by molar-refractivity contribution is 5.94. The molecule has 0 atom stereocenters. The fourth-order valence-electron chi connectivity index (χ4n) is 20.9. The average Bonchev–Trinajstić information content (AvgIpc) is 1.83. The highest BCUT2D eigenvalue weighted by Gasteiger charge is 2.38. The lowest BCUT2D eigenvalue weighted by Crippen LogP contribution is -2.49. The van der Waals surface area contributed by atoms with Gasteiger partial charge in [-0.25, -0.2) is 20.0 Å². The summed E-state index contributed by atoms with van der Waals surface area (Å²) in [4.78, 5) is 60.7. The van der Waals surface area contributed by atoms with Crippen LogP contribution in [0.25, 0.3) is 0 Å². The molecule has 0 spiro atoms. The van der Waals surface area contributed by atoms with Crippen molar-refractivity contribution in [2.45, 2.75) is 498 Å². The number of nitrogens with two attached hydrogens (primary N) is 1. The molecule has 0 amide bonds. The van der Waals surface area contributed by atoms with Gasteiger partial charge in [0, 0.05) is 60.6 Å². The van der Waals surface area contributed by atoms with Crippen molar-refractivity contribution in [3.05, 3.63) is 60.7 Å². The highest BCUT2D eigenvalue weighted by atomic mass is 16.6. The quantitative estimate of drug-likeness (QED) is 0.0226. The molecule has 12 N–H and O–H groups in total. The van der Waals surface area contributed by atoms with E-state index >= 15 is 0 Å². The summed E-state index contributed by atoms with van der Waals surface area (Å²) in [5, 5.41) is 42.2. The van der Waals surface area contributed by atoms with E-state index in [4.69, 9.17) is 35.2 Å². The van der Waals surface area contributed by atoms with Crippen molar-refractivity contribution in [2.24, 2.45) is 48.4 Å². The number of nitrogens with zero attached hydrogens (tertiary/aromatic N) is 5. The number of esters is 2. The summed E-state index contributed by atoms with van der Waals surface area (Å²) >= 11 is 0. The molecule has 2 aromatic rings. The van der Waals surface area contributed by atoms with E-state index in [1.165, 1.54) is 295 Å². The number of benzene rings is 2. The Balaban J connectivity index is 0.000000163. The lowest BCUT2D eigenvalue weighted by molar-refractivity contribution is -0.164. The van der Waals surface area contributed by atoms with Gasteiger partial charge < -0.3 is 68.2 Å². The van der Waals surface area contributed by atoms with E-state index in [1.807, 2.05) is 81.4 Å². The van der Waals surface area contributed by atoms with E-state index in [1.54, 1.807) is 0 Å². The van der Waals surface area contributed by atoms with E-state index in [0.717, 1.165) is 132 Å². The monoisotopic (exact) mass is 1700 g/mol. The molecule has 12 fully saturated rings. The number of para-hydroxylation sites is 2. The second-order valence-electron chi connectivity index (χ2n) is 40.3. The van der Waals surface area contributed by atoms with E-state index in [0.29, 0.717) is 66.4 Å². The molecule has 0 aromatic heterocycles. The van der Waals surface area contributed by atoms with Crippen LogP contribution in [0.4, 0.5) is 11.4 Å². The molecule has 21 heteroatoms. The van der Waals surface area contributed by atoms with Crippen LogP contribution in [0.3, 0.4) is 0 Å². The van der Waals surface area contributed by atoms with Crippen molar-refractivity contribution in [2.75, 3.05) is 11.9 Å². The summed E-state index contributed by atoms with van der Waals surface area (Å²) in [6, 6.07) is 24.9. The Bertz CT molecular complexity index is 3270. The fraction of sp³-hybridized carbons (Fsp3) is 0.804. The summed E-state index contributed by atoms with van der Waals surface area (Å²) < 4.78 is 11.6. The molecular formula is C102H173N15O6. The van der Waals surface area contributed by atoms with Gasteiger partial charge in [-0.1, -0.05) is 217 Å². The molecule has 0 bridgehead atoms. The Morgan fingerprint density at radius 3 is 0.992 bits per heavy atom. The van der Waals surface area contributed by atoms with Gasteiger partial charge in [0.2, 0.25) is 0 Å². The number of carbonyl (C=O) groups excluding carboxylic acids is 2. The van der Waals surface area contributed by atoms with E-state index in [-0.39, 0.29) is 41.3 Å². The summed E-state index contributed by atoms with van der Waals surface area (Å²) in [6.07, 6.45) is 73.4. The van der Waals surface area contributed by atoms with Gasteiger partial charge in [0.15, 0.2) is 29.8 Å². The predicted octanol–water partition coefficient (Wildman–Crippen LogP) is 22.1. The van der Waals surface area contributed by atoms with Gasteiger partial charge in [0.1, 0.15) is 11.2 Å². The van der Waals surface area contributed by atoms with Gasteiger partial charge in [-0.15, -0.1) is 0 Å². The molecule has 2 aromatic carbocycles. The first kappa shape index (κ1) is 98.4. The van der Waals surface area contributed by atoms with E-state index < -0.39 is 11.6 Å². The number of carbonyl (C=O) groups is 3. The Labute approximate surface area is 745 Å². The fourth-order valence-corrected chi connectivity index (χ4v) is 20.9. The molecule has 0 unspecified atom stereocenters. The normalized spacial score (nSPS) is 24.9. The molecule has 0 saturated heterocycles. The van der Waals surface area contributed by atoms with Crippen LogP contribution in [0.1, 0.15) is 420 Å². The number of carboxylic acid groups (broad SMARTS) is 1. The summed E-state index contributed by atoms with van der Waals surface area (Å²) in [7, 11) is 0. The van der Waals surface area contributed by atoms with Gasteiger partial charge in [-0.3, -0.25) is 19.4 Å². The van der Waals surface area contributed by atoms with Gasteiger partial charge in [-0.2, -0.15) is 0 Å². The lowest BCUT2D eigenvalue weighted by Gasteiger charge is -2.32. The van der Waals surface area contributed by atoms with Gasteiger partial charge in [-0.05, 0) is 264 Å². The van der Waals surface area contributed by atoms with Crippen LogP contribution >= 0.6 is 0 Å². The number of anilines is 1. The van der Waals surface area contributed by atoms with Crippen LogP contribution in [0.5, 0.6) is 0 Å². The number of hydrogen-bond acceptors (Lipinski definition) is 10. The maximum atomic E-state index is 12.7. The molecular weight excluding hydrogens is 1530 g/mol. The molecule has 12 saturated carbocycles. The molecule has 12 aliphatic rings. The van der Waals surface area contributed by atoms with E-state index in [2.05, 4.69) is 66.7 Å². The topological polar surface area (TPSA) is 286 Å². The number of unbranched alkanes of at least 4 members (excludes halogenated alkanes) is 3. The second kappa shape index (κ2) is 55.7. The Morgan fingerprint density at radius 1 is 0.382 bits per heavy atom. The van der Waals surface area contributed by atoms with Crippen LogP contribution in [-0.4, -0.2) is 137 Å². The minimum absolute atomic E-state index is 0.0270. The number of aliphatic carboxylic acids is 1. The van der Waals surface area contributed by atoms with Gasteiger partial charge in [0.25, 0.3) is 0 Å². The average molecular weight is 1710 g/mol. The molecule has 12 aliphatic carbocycles. The number of rotatable bonds is 22. The number of guanidine groups is 5. The third-order valence-electron chi connectivity index (χ3n) is 28.4. The molecule has 692 valence electrons. The Kier molecular flexibility index (Phi) is 44.6. The molecule has 0 aliphatic heterocycles. The zero-order chi connectivity index (χ0) is 86.4. The smallest absolute Gasteiger partial charge is 0.309 e. The van der Waals surface area contributed by atoms with Crippen molar-refractivity contribution < 1.29 is 29.0 Å². The van der Waals surface area contributed by atoms with Crippen LogP contribution < -0.4 is 53.6 Å². The number of ether oxygens (including phenoxy) is 2. The SMILES string of the molecule is CC(C)(C)OC(=O)C1CCC(N=C(NC2CCCCC2)NC2CCCCC2)CC1.CC1(OC(=O)C2CCC(N=C(NC3CCCCC3)NC3CCCCC3)CC2)CCCC1.CCCCCCN=C(NC1CCCCC1)NC1CCCCC1.NC(=Nc1ccccc1)Nc1ccccc1.O=C(O)C1CCC(N=C(NC2CCCCC2)NC2CCCCC2)CC1. The minimum atomic E-state index is -0.636. The molecule has 0 radical (unpaired) electrons. The first-order valence-electron chi connectivity index (χ1n) is 51.2. The van der Waals surface area contributed by atoms with Crippen molar-refractivity contribution >= 4 is 59.1 Å².